The van der Waals surface area contributed by atoms with Gasteiger partial charge in [-0.1, -0.05) is 54.1 Å². The smallest absolute Gasteiger partial charge is 0.249 e. The third-order valence-electron chi connectivity index (χ3n) is 3.50. The number of benzene rings is 3. The number of hydrogen-bond acceptors (Lipinski definition) is 2. The highest BCUT2D eigenvalue weighted by Gasteiger charge is 2.09. The summed E-state index contributed by atoms with van der Waals surface area (Å²) in [7, 11) is 0. The highest BCUT2D eigenvalue weighted by molar-refractivity contribution is 6.35. The summed E-state index contributed by atoms with van der Waals surface area (Å²) in [4.78, 5) is 11.4. The highest BCUT2D eigenvalue weighted by atomic mass is 35.5. The molecule has 0 aromatic heterocycles. The van der Waals surface area contributed by atoms with E-state index in [0.29, 0.717) is 10.6 Å². The number of ether oxygens (including phenoxy) is 1. The van der Waals surface area contributed by atoms with Crippen molar-refractivity contribution in [3.63, 3.8) is 0 Å². The minimum Gasteiger partial charge on any atom is -0.488 e. The quantitative estimate of drug-likeness (QED) is 0.786. The van der Waals surface area contributed by atoms with Crippen molar-refractivity contribution in [3.05, 3.63) is 76.8 Å². The largest absolute Gasteiger partial charge is 0.488 e. The van der Waals surface area contributed by atoms with E-state index in [1.807, 2.05) is 42.5 Å². The van der Waals surface area contributed by atoms with Gasteiger partial charge in [-0.3, -0.25) is 4.79 Å². The first-order valence-corrected chi connectivity index (χ1v) is 7.22. The molecule has 0 atom stereocenters. The number of halogens is 1. The standard InChI is InChI=1S/C18H14ClNO2/c19-16-9-10-17(15-8-4-3-7-14(15)16)22-11-12-5-1-2-6-13(12)18(20)21/h1-10H,11H2,(H2,20,21). The molecule has 0 fully saturated rings. The molecule has 0 heterocycles. The summed E-state index contributed by atoms with van der Waals surface area (Å²) in [5.74, 6) is 0.263. The van der Waals surface area contributed by atoms with E-state index in [-0.39, 0.29) is 6.61 Å². The molecule has 0 saturated carbocycles. The van der Waals surface area contributed by atoms with Crippen molar-refractivity contribution in [1.82, 2.24) is 0 Å². The zero-order valence-corrected chi connectivity index (χ0v) is 12.5. The number of nitrogens with two attached hydrogens (primary N) is 1. The maximum absolute atomic E-state index is 11.4. The van der Waals surface area contributed by atoms with E-state index in [2.05, 4.69) is 0 Å². The fourth-order valence-corrected chi connectivity index (χ4v) is 2.63. The van der Waals surface area contributed by atoms with Crippen LogP contribution in [0, 0.1) is 0 Å². The van der Waals surface area contributed by atoms with Gasteiger partial charge in [-0.05, 0) is 18.2 Å². The van der Waals surface area contributed by atoms with Gasteiger partial charge in [0.2, 0.25) is 5.91 Å². The molecule has 3 nitrogen and oxygen atoms in total. The molecule has 1 amide bonds. The Morgan fingerprint density at radius 1 is 0.955 bits per heavy atom. The first-order chi connectivity index (χ1) is 10.7. The molecular formula is C18H14ClNO2. The van der Waals surface area contributed by atoms with Gasteiger partial charge < -0.3 is 10.5 Å². The van der Waals surface area contributed by atoms with Crippen LogP contribution in [0.15, 0.2) is 60.7 Å². The molecule has 0 aliphatic carbocycles. The van der Waals surface area contributed by atoms with Crippen LogP contribution >= 0.6 is 11.6 Å². The van der Waals surface area contributed by atoms with Crippen LogP contribution < -0.4 is 10.5 Å². The fraction of sp³-hybridized carbons (Fsp3) is 0.0556. The molecule has 3 aromatic carbocycles. The number of rotatable bonds is 4. The van der Waals surface area contributed by atoms with Crippen LogP contribution in [-0.2, 0) is 6.61 Å². The van der Waals surface area contributed by atoms with E-state index in [1.165, 1.54) is 0 Å². The van der Waals surface area contributed by atoms with Gasteiger partial charge in [0.25, 0.3) is 0 Å². The fourth-order valence-electron chi connectivity index (χ4n) is 2.40. The van der Waals surface area contributed by atoms with Crippen molar-refractivity contribution in [1.29, 1.82) is 0 Å². The monoisotopic (exact) mass is 311 g/mol. The minimum absolute atomic E-state index is 0.269. The van der Waals surface area contributed by atoms with Gasteiger partial charge in [0.1, 0.15) is 12.4 Å². The Bertz CT molecular complexity index is 845. The molecule has 0 aliphatic heterocycles. The normalized spacial score (nSPS) is 10.6. The van der Waals surface area contributed by atoms with Crippen LogP contribution in [0.25, 0.3) is 10.8 Å². The predicted molar refractivity (Wildman–Crippen MR) is 88.2 cm³/mol. The first-order valence-electron chi connectivity index (χ1n) is 6.84. The highest BCUT2D eigenvalue weighted by Crippen LogP contribution is 2.31. The number of carbonyl (C=O) groups excluding carboxylic acids is 1. The van der Waals surface area contributed by atoms with Gasteiger partial charge in [0, 0.05) is 26.9 Å². The molecule has 0 saturated heterocycles. The topological polar surface area (TPSA) is 52.3 Å². The van der Waals surface area contributed by atoms with E-state index in [4.69, 9.17) is 22.1 Å². The third-order valence-corrected chi connectivity index (χ3v) is 3.83. The average Bonchev–Trinajstić information content (AvgIpc) is 2.55. The Balaban J connectivity index is 1.92. The van der Waals surface area contributed by atoms with Gasteiger partial charge in [-0.25, -0.2) is 0 Å². The Labute approximate surface area is 133 Å². The molecule has 3 rings (SSSR count). The van der Waals surface area contributed by atoms with Crippen LogP contribution in [0.4, 0.5) is 0 Å². The number of fused-ring (bicyclic) bond motifs is 1. The van der Waals surface area contributed by atoms with Gasteiger partial charge in [-0.2, -0.15) is 0 Å². The van der Waals surface area contributed by atoms with Crippen LogP contribution in [-0.4, -0.2) is 5.91 Å². The van der Waals surface area contributed by atoms with E-state index in [0.717, 1.165) is 22.1 Å². The summed E-state index contributed by atoms with van der Waals surface area (Å²) in [6.07, 6.45) is 0. The lowest BCUT2D eigenvalue weighted by molar-refractivity contribution is 0.0998. The van der Waals surface area contributed by atoms with E-state index in [1.54, 1.807) is 18.2 Å². The van der Waals surface area contributed by atoms with Crippen LogP contribution in [0.3, 0.4) is 0 Å². The van der Waals surface area contributed by atoms with Crippen LogP contribution in [0.2, 0.25) is 5.02 Å². The second-order valence-electron chi connectivity index (χ2n) is 4.90. The molecule has 2 N–H and O–H groups in total. The predicted octanol–water partition coefficient (Wildman–Crippen LogP) is 4.17. The summed E-state index contributed by atoms with van der Waals surface area (Å²) >= 11 is 6.20. The number of hydrogen-bond donors (Lipinski definition) is 1. The third kappa shape index (κ3) is 2.76. The zero-order chi connectivity index (χ0) is 15.5. The molecule has 110 valence electrons. The molecule has 0 unspecified atom stereocenters. The maximum Gasteiger partial charge on any atom is 0.249 e. The Morgan fingerprint density at radius 3 is 2.41 bits per heavy atom. The van der Waals surface area contributed by atoms with Crippen molar-refractivity contribution >= 4 is 28.3 Å². The van der Waals surface area contributed by atoms with Gasteiger partial charge in [-0.15, -0.1) is 0 Å². The summed E-state index contributed by atoms with van der Waals surface area (Å²) < 4.78 is 5.88. The molecule has 0 radical (unpaired) electrons. The lowest BCUT2D eigenvalue weighted by atomic mass is 10.1. The minimum atomic E-state index is -0.458. The van der Waals surface area contributed by atoms with Gasteiger partial charge in [0.15, 0.2) is 0 Å². The van der Waals surface area contributed by atoms with Crippen molar-refractivity contribution in [3.8, 4) is 5.75 Å². The van der Waals surface area contributed by atoms with E-state index in [9.17, 15) is 4.79 Å². The SMILES string of the molecule is NC(=O)c1ccccc1COc1ccc(Cl)c2ccccc12. The average molecular weight is 312 g/mol. The van der Waals surface area contributed by atoms with E-state index >= 15 is 0 Å². The molecule has 0 aliphatic rings. The molecule has 0 bridgehead atoms. The molecular weight excluding hydrogens is 298 g/mol. The van der Waals surface area contributed by atoms with Crippen molar-refractivity contribution < 1.29 is 9.53 Å². The van der Waals surface area contributed by atoms with Crippen molar-refractivity contribution in [2.45, 2.75) is 6.61 Å². The number of carbonyl (C=O) groups is 1. The Hall–Kier alpha value is -2.52. The van der Waals surface area contributed by atoms with Crippen molar-refractivity contribution in [2.75, 3.05) is 0 Å². The summed E-state index contributed by atoms with van der Waals surface area (Å²) in [5, 5.41) is 2.55. The summed E-state index contributed by atoms with van der Waals surface area (Å²) in [6.45, 7) is 0.269. The lowest BCUT2D eigenvalue weighted by Gasteiger charge is -2.12. The second kappa shape index (κ2) is 6.08. The number of primary amides is 1. The lowest BCUT2D eigenvalue weighted by Crippen LogP contribution is -2.14. The molecule has 0 spiro atoms. The Morgan fingerprint density at radius 2 is 1.64 bits per heavy atom. The van der Waals surface area contributed by atoms with Gasteiger partial charge in [0.05, 0.1) is 0 Å². The molecule has 22 heavy (non-hydrogen) atoms. The van der Waals surface area contributed by atoms with Crippen LogP contribution in [0.1, 0.15) is 15.9 Å². The Kier molecular flexibility index (Phi) is 3.98. The van der Waals surface area contributed by atoms with E-state index < -0.39 is 5.91 Å². The first kappa shape index (κ1) is 14.4. The zero-order valence-electron chi connectivity index (χ0n) is 11.8. The summed E-state index contributed by atoms with van der Waals surface area (Å²) in [5.41, 5.74) is 6.61. The van der Waals surface area contributed by atoms with Crippen LogP contribution in [0.5, 0.6) is 5.75 Å². The number of amides is 1. The maximum atomic E-state index is 11.4. The molecule has 4 heteroatoms. The summed E-state index contributed by atoms with van der Waals surface area (Å²) in [6, 6.07) is 18.6. The second-order valence-corrected chi connectivity index (χ2v) is 5.31. The van der Waals surface area contributed by atoms with Gasteiger partial charge >= 0.3 is 0 Å². The van der Waals surface area contributed by atoms with Crippen molar-refractivity contribution in [2.24, 2.45) is 5.73 Å². The molecule has 3 aromatic rings.